The molecule has 16 heavy (non-hydrogen) atoms. The van der Waals surface area contributed by atoms with Gasteiger partial charge in [0, 0.05) is 13.0 Å². The second kappa shape index (κ2) is 5.17. The van der Waals surface area contributed by atoms with Crippen LogP contribution in [0.25, 0.3) is 0 Å². The van der Waals surface area contributed by atoms with Gasteiger partial charge in [0.05, 0.1) is 0 Å². The molecule has 1 atom stereocenters. The van der Waals surface area contributed by atoms with Gasteiger partial charge >= 0.3 is 0 Å². The maximum atomic E-state index is 11.8. The standard InChI is InChI=1S/C13H24N2O/c1-13(5-3-6-13)10-15-12(16)8-11-4-2-7-14-9-11/h11,14H,2-10H2,1H3,(H,15,16). The van der Waals surface area contributed by atoms with Crippen molar-refractivity contribution >= 4 is 5.91 Å². The summed E-state index contributed by atoms with van der Waals surface area (Å²) in [5, 5.41) is 6.46. The fourth-order valence-electron chi connectivity index (χ4n) is 2.70. The summed E-state index contributed by atoms with van der Waals surface area (Å²) in [5.74, 6) is 0.810. The molecule has 2 aliphatic rings. The van der Waals surface area contributed by atoms with Crippen LogP contribution in [0.4, 0.5) is 0 Å². The summed E-state index contributed by atoms with van der Waals surface area (Å²) in [5.41, 5.74) is 0.403. The summed E-state index contributed by atoms with van der Waals surface area (Å²) in [4.78, 5) is 11.8. The van der Waals surface area contributed by atoms with E-state index in [4.69, 9.17) is 0 Å². The van der Waals surface area contributed by atoms with Crippen molar-refractivity contribution in [2.45, 2.75) is 45.4 Å². The van der Waals surface area contributed by atoms with Crippen molar-refractivity contribution in [3.8, 4) is 0 Å². The highest BCUT2D eigenvalue weighted by molar-refractivity contribution is 5.76. The van der Waals surface area contributed by atoms with E-state index in [1.807, 2.05) is 0 Å². The van der Waals surface area contributed by atoms with E-state index in [-0.39, 0.29) is 5.91 Å². The molecule has 1 aliphatic carbocycles. The van der Waals surface area contributed by atoms with Crippen LogP contribution in [0.15, 0.2) is 0 Å². The van der Waals surface area contributed by atoms with Crippen LogP contribution in [0.1, 0.15) is 45.4 Å². The van der Waals surface area contributed by atoms with Gasteiger partial charge in [-0.05, 0) is 50.1 Å². The Morgan fingerprint density at radius 2 is 2.25 bits per heavy atom. The molecule has 3 heteroatoms. The Kier molecular flexibility index (Phi) is 3.85. The minimum Gasteiger partial charge on any atom is -0.356 e. The van der Waals surface area contributed by atoms with E-state index in [2.05, 4.69) is 17.6 Å². The molecule has 1 saturated heterocycles. The van der Waals surface area contributed by atoms with Gasteiger partial charge in [0.15, 0.2) is 0 Å². The highest BCUT2D eigenvalue weighted by Gasteiger charge is 2.32. The third-order valence-corrected chi connectivity index (χ3v) is 4.15. The van der Waals surface area contributed by atoms with Crippen LogP contribution in [0.3, 0.4) is 0 Å². The monoisotopic (exact) mass is 224 g/mol. The van der Waals surface area contributed by atoms with E-state index < -0.39 is 0 Å². The summed E-state index contributed by atoms with van der Waals surface area (Å²) in [6.45, 7) is 5.30. The zero-order valence-electron chi connectivity index (χ0n) is 10.3. The van der Waals surface area contributed by atoms with Crippen molar-refractivity contribution < 1.29 is 4.79 Å². The topological polar surface area (TPSA) is 41.1 Å². The molecule has 1 amide bonds. The smallest absolute Gasteiger partial charge is 0.220 e. The Labute approximate surface area is 98.4 Å². The zero-order valence-corrected chi connectivity index (χ0v) is 10.3. The third kappa shape index (κ3) is 3.21. The number of piperidine rings is 1. The first-order valence-electron chi connectivity index (χ1n) is 6.65. The van der Waals surface area contributed by atoms with Crippen LogP contribution in [-0.2, 0) is 4.79 Å². The summed E-state index contributed by atoms with van der Waals surface area (Å²) < 4.78 is 0. The second-order valence-corrected chi connectivity index (χ2v) is 5.86. The number of hydrogen-bond acceptors (Lipinski definition) is 2. The summed E-state index contributed by atoms with van der Waals surface area (Å²) in [7, 11) is 0. The molecular formula is C13H24N2O. The Balaban J connectivity index is 1.63. The summed E-state index contributed by atoms with van der Waals surface area (Å²) in [6, 6.07) is 0. The second-order valence-electron chi connectivity index (χ2n) is 5.86. The first-order valence-corrected chi connectivity index (χ1v) is 6.65. The molecule has 3 nitrogen and oxygen atoms in total. The maximum absolute atomic E-state index is 11.8. The predicted molar refractivity (Wildman–Crippen MR) is 65.2 cm³/mol. The SMILES string of the molecule is CC1(CNC(=O)CC2CCCNC2)CCC1. The van der Waals surface area contributed by atoms with E-state index in [1.165, 1.54) is 32.1 Å². The van der Waals surface area contributed by atoms with Crippen LogP contribution >= 0.6 is 0 Å². The van der Waals surface area contributed by atoms with Crippen molar-refractivity contribution in [2.24, 2.45) is 11.3 Å². The average Bonchev–Trinajstić information content (AvgIpc) is 2.25. The van der Waals surface area contributed by atoms with Gasteiger partial charge in [-0.3, -0.25) is 4.79 Å². The van der Waals surface area contributed by atoms with Crippen molar-refractivity contribution in [3.63, 3.8) is 0 Å². The van der Waals surface area contributed by atoms with Gasteiger partial charge in [0.1, 0.15) is 0 Å². The number of carbonyl (C=O) groups is 1. The van der Waals surface area contributed by atoms with E-state index in [9.17, 15) is 4.79 Å². The number of rotatable bonds is 4. The van der Waals surface area contributed by atoms with E-state index in [1.54, 1.807) is 0 Å². The van der Waals surface area contributed by atoms with Gasteiger partial charge in [0.2, 0.25) is 5.91 Å². The Bertz CT molecular complexity index is 242. The molecule has 2 rings (SSSR count). The number of carbonyl (C=O) groups excluding carboxylic acids is 1. The normalized spacial score (nSPS) is 28.2. The molecule has 1 saturated carbocycles. The molecule has 1 aliphatic heterocycles. The largest absolute Gasteiger partial charge is 0.356 e. The molecule has 2 fully saturated rings. The van der Waals surface area contributed by atoms with Crippen molar-refractivity contribution in [1.82, 2.24) is 10.6 Å². The van der Waals surface area contributed by atoms with Gasteiger partial charge in [-0.15, -0.1) is 0 Å². The van der Waals surface area contributed by atoms with Gasteiger partial charge < -0.3 is 10.6 Å². The fourth-order valence-corrected chi connectivity index (χ4v) is 2.70. The number of hydrogen-bond donors (Lipinski definition) is 2. The van der Waals surface area contributed by atoms with Crippen molar-refractivity contribution in [1.29, 1.82) is 0 Å². The minimum atomic E-state index is 0.252. The lowest BCUT2D eigenvalue weighted by Crippen LogP contribution is -2.41. The maximum Gasteiger partial charge on any atom is 0.220 e. The van der Waals surface area contributed by atoms with E-state index in [0.29, 0.717) is 17.8 Å². The third-order valence-electron chi connectivity index (χ3n) is 4.15. The quantitative estimate of drug-likeness (QED) is 0.763. The van der Waals surface area contributed by atoms with Gasteiger partial charge in [-0.2, -0.15) is 0 Å². The Morgan fingerprint density at radius 3 is 2.81 bits per heavy atom. The number of amides is 1. The highest BCUT2D eigenvalue weighted by atomic mass is 16.1. The molecule has 0 aromatic carbocycles. The molecule has 0 aromatic rings. The predicted octanol–water partition coefficient (Wildman–Crippen LogP) is 1.68. The van der Waals surface area contributed by atoms with Crippen LogP contribution in [-0.4, -0.2) is 25.5 Å². The van der Waals surface area contributed by atoms with Crippen molar-refractivity contribution in [2.75, 3.05) is 19.6 Å². The van der Waals surface area contributed by atoms with E-state index >= 15 is 0 Å². The highest BCUT2D eigenvalue weighted by Crippen LogP contribution is 2.39. The van der Waals surface area contributed by atoms with Gasteiger partial charge in [0.25, 0.3) is 0 Å². The minimum absolute atomic E-state index is 0.252. The van der Waals surface area contributed by atoms with E-state index in [0.717, 1.165) is 19.6 Å². The first kappa shape index (κ1) is 11.9. The zero-order chi connectivity index (χ0) is 11.4. The molecule has 1 unspecified atom stereocenters. The lowest BCUT2D eigenvalue weighted by atomic mass is 9.70. The lowest BCUT2D eigenvalue weighted by Gasteiger charge is -2.38. The van der Waals surface area contributed by atoms with Gasteiger partial charge in [-0.1, -0.05) is 13.3 Å². The molecule has 0 aromatic heterocycles. The molecule has 2 N–H and O–H groups in total. The van der Waals surface area contributed by atoms with Gasteiger partial charge in [-0.25, -0.2) is 0 Å². The van der Waals surface area contributed by atoms with Crippen molar-refractivity contribution in [3.05, 3.63) is 0 Å². The van der Waals surface area contributed by atoms with Crippen LogP contribution in [0.5, 0.6) is 0 Å². The lowest BCUT2D eigenvalue weighted by molar-refractivity contribution is -0.122. The number of nitrogens with one attached hydrogen (secondary N) is 2. The molecule has 92 valence electrons. The molecule has 1 heterocycles. The van der Waals surface area contributed by atoms with Crippen LogP contribution in [0.2, 0.25) is 0 Å². The summed E-state index contributed by atoms with van der Waals surface area (Å²) >= 11 is 0. The molecular weight excluding hydrogens is 200 g/mol. The average molecular weight is 224 g/mol. The fraction of sp³-hybridized carbons (Fsp3) is 0.923. The Morgan fingerprint density at radius 1 is 1.44 bits per heavy atom. The Hall–Kier alpha value is -0.570. The molecule has 0 spiro atoms. The van der Waals surface area contributed by atoms with Crippen LogP contribution < -0.4 is 10.6 Å². The summed E-state index contributed by atoms with van der Waals surface area (Å²) in [6.07, 6.45) is 7.02. The van der Waals surface area contributed by atoms with Crippen LogP contribution in [0, 0.1) is 11.3 Å². The first-order chi connectivity index (χ1) is 7.68. The molecule has 0 radical (unpaired) electrons. The molecule has 0 bridgehead atoms.